The van der Waals surface area contributed by atoms with Crippen molar-refractivity contribution >= 4 is 17.7 Å². The van der Waals surface area contributed by atoms with E-state index in [2.05, 4.69) is 10.7 Å². The molecule has 1 aliphatic carbocycles. The van der Waals surface area contributed by atoms with E-state index in [0.717, 1.165) is 19.3 Å². The molecule has 8 nitrogen and oxygen atoms in total. The summed E-state index contributed by atoms with van der Waals surface area (Å²) in [5, 5.41) is 2.51. The summed E-state index contributed by atoms with van der Waals surface area (Å²) in [6.07, 6.45) is 2.60. The quantitative estimate of drug-likeness (QED) is 0.490. The van der Waals surface area contributed by atoms with Crippen LogP contribution in [0.5, 0.6) is 11.5 Å². The highest BCUT2D eigenvalue weighted by Gasteiger charge is 2.26. The zero-order valence-electron chi connectivity index (χ0n) is 13.5. The van der Waals surface area contributed by atoms with Crippen LogP contribution in [0.2, 0.25) is 0 Å². The standard InChI is InChI=1S/C16H21N3O5/c1-2-9-23-12-5-3-4-6-13(12)24-10-14(20)18-19-16(22)15(21)17-11-7-8-11/h3-6,11H,2,7-10H2,1H3,(H,17,21)(H,18,20)(H,19,22). The fraction of sp³-hybridized carbons (Fsp3) is 0.438. The molecule has 1 aliphatic rings. The third-order valence-electron chi connectivity index (χ3n) is 3.10. The van der Waals surface area contributed by atoms with E-state index in [-0.39, 0.29) is 12.6 Å². The first kappa shape index (κ1) is 17.6. The van der Waals surface area contributed by atoms with E-state index >= 15 is 0 Å². The van der Waals surface area contributed by atoms with Gasteiger partial charge in [-0.1, -0.05) is 19.1 Å². The van der Waals surface area contributed by atoms with Crippen LogP contribution in [0, 0.1) is 0 Å². The smallest absolute Gasteiger partial charge is 0.327 e. The topological polar surface area (TPSA) is 106 Å². The SMILES string of the molecule is CCCOc1ccccc1OCC(=O)NNC(=O)C(=O)NC1CC1. The molecule has 0 unspecified atom stereocenters. The molecule has 0 heterocycles. The number of hydrogen-bond donors (Lipinski definition) is 3. The Morgan fingerprint density at radius 3 is 2.33 bits per heavy atom. The van der Waals surface area contributed by atoms with Crippen LogP contribution >= 0.6 is 0 Å². The van der Waals surface area contributed by atoms with Gasteiger partial charge in [0.15, 0.2) is 18.1 Å². The molecule has 0 radical (unpaired) electrons. The van der Waals surface area contributed by atoms with Crippen LogP contribution in [-0.2, 0) is 14.4 Å². The van der Waals surface area contributed by atoms with Crippen molar-refractivity contribution in [3.05, 3.63) is 24.3 Å². The number of hydrazine groups is 1. The number of carbonyl (C=O) groups excluding carboxylic acids is 3. The first-order valence-corrected chi connectivity index (χ1v) is 7.84. The molecule has 1 aromatic carbocycles. The van der Waals surface area contributed by atoms with Crippen molar-refractivity contribution in [1.29, 1.82) is 0 Å². The summed E-state index contributed by atoms with van der Waals surface area (Å²) in [6, 6.07) is 7.06. The molecule has 2 rings (SSSR count). The third-order valence-corrected chi connectivity index (χ3v) is 3.10. The predicted molar refractivity (Wildman–Crippen MR) is 85.2 cm³/mol. The molecule has 0 atom stereocenters. The molecule has 0 aliphatic heterocycles. The highest BCUT2D eigenvalue weighted by molar-refractivity contribution is 6.35. The van der Waals surface area contributed by atoms with Crippen LogP contribution < -0.4 is 25.6 Å². The van der Waals surface area contributed by atoms with Gasteiger partial charge in [-0.25, -0.2) is 0 Å². The summed E-state index contributed by atoms with van der Waals surface area (Å²) in [6.45, 7) is 2.20. The zero-order valence-corrected chi connectivity index (χ0v) is 13.5. The maximum absolute atomic E-state index is 11.7. The molecule has 0 bridgehead atoms. The average Bonchev–Trinajstić information content (AvgIpc) is 3.40. The van der Waals surface area contributed by atoms with Crippen LogP contribution in [0.4, 0.5) is 0 Å². The number of para-hydroxylation sites is 2. The second kappa shape index (κ2) is 8.76. The summed E-state index contributed by atoms with van der Waals surface area (Å²) in [5.41, 5.74) is 4.16. The minimum atomic E-state index is -0.915. The molecule has 1 aromatic rings. The summed E-state index contributed by atoms with van der Waals surface area (Å²) < 4.78 is 10.9. The minimum absolute atomic E-state index is 0.0712. The van der Waals surface area contributed by atoms with Gasteiger partial charge in [-0.15, -0.1) is 0 Å². The van der Waals surface area contributed by atoms with Gasteiger partial charge in [-0.2, -0.15) is 0 Å². The maximum atomic E-state index is 11.7. The van der Waals surface area contributed by atoms with E-state index < -0.39 is 17.7 Å². The Balaban J connectivity index is 1.72. The van der Waals surface area contributed by atoms with Crippen molar-refractivity contribution in [1.82, 2.24) is 16.2 Å². The Bertz CT molecular complexity index is 601. The molecule has 1 saturated carbocycles. The van der Waals surface area contributed by atoms with E-state index in [1.54, 1.807) is 24.3 Å². The van der Waals surface area contributed by atoms with Crippen LogP contribution in [0.3, 0.4) is 0 Å². The van der Waals surface area contributed by atoms with Gasteiger partial charge in [0.25, 0.3) is 5.91 Å². The van der Waals surface area contributed by atoms with Gasteiger partial charge in [0.05, 0.1) is 6.61 Å². The summed E-state index contributed by atoms with van der Waals surface area (Å²) in [7, 11) is 0. The maximum Gasteiger partial charge on any atom is 0.327 e. The monoisotopic (exact) mass is 335 g/mol. The number of hydrogen-bond acceptors (Lipinski definition) is 5. The van der Waals surface area contributed by atoms with Crippen molar-refractivity contribution in [2.24, 2.45) is 0 Å². The van der Waals surface area contributed by atoms with Gasteiger partial charge in [-0.05, 0) is 31.4 Å². The van der Waals surface area contributed by atoms with Gasteiger partial charge in [0.1, 0.15) is 0 Å². The number of benzene rings is 1. The van der Waals surface area contributed by atoms with Crippen molar-refractivity contribution < 1.29 is 23.9 Å². The highest BCUT2D eigenvalue weighted by Crippen LogP contribution is 2.26. The lowest BCUT2D eigenvalue weighted by Gasteiger charge is -2.12. The van der Waals surface area contributed by atoms with Gasteiger partial charge >= 0.3 is 11.8 Å². The lowest BCUT2D eigenvalue weighted by molar-refractivity contribution is -0.141. The van der Waals surface area contributed by atoms with Gasteiger partial charge in [0, 0.05) is 6.04 Å². The first-order chi connectivity index (χ1) is 11.6. The average molecular weight is 335 g/mol. The largest absolute Gasteiger partial charge is 0.490 e. The van der Waals surface area contributed by atoms with E-state index in [9.17, 15) is 14.4 Å². The Morgan fingerprint density at radius 2 is 1.71 bits per heavy atom. The Hall–Kier alpha value is -2.77. The second-order valence-corrected chi connectivity index (χ2v) is 5.33. The van der Waals surface area contributed by atoms with E-state index in [1.807, 2.05) is 12.3 Å². The van der Waals surface area contributed by atoms with Crippen LogP contribution in [0.25, 0.3) is 0 Å². The molecule has 8 heteroatoms. The van der Waals surface area contributed by atoms with Crippen molar-refractivity contribution in [3.8, 4) is 11.5 Å². The normalized spacial score (nSPS) is 12.9. The molecule has 0 spiro atoms. The zero-order chi connectivity index (χ0) is 17.4. The summed E-state index contributed by atoms with van der Waals surface area (Å²) in [5.74, 6) is -1.30. The van der Waals surface area contributed by atoms with Crippen LogP contribution in [0.1, 0.15) is 26.2 Å². The molecule has 0 saturated heterocycles. The van der Waals surface area contributed by atoms with Crippen LogP contribution in [0.15, 0.2) is 24.3 Å². The number of ether oxygens (including phenoxy) is 2. The molecule has 24 heavy (non-hydrogen) atoms. The number of carbonyl (C=O) groups is 3. The van der Waals surface area contributed by atoms with Gasteiger partial charge in [-0.3, -0.25) is 25.2 Å². The third kappa shape index (κ3) is 5.79. The lowest BCUT2D eigenvalue weighted by Crippen LogP contribution is -2.50. The number of nitrogens with one attached hydrogen (secondary N) is 3. The number of amides is 3. The fourth-order valence-electron chi connectivity index (χ4n) is 1.74. The summed E-state index contributed by atoms with van der Waals surface area (Å²) >= 11 is 0. The van der Waals surface area contributed by atoms with E-state index in [0.29, 0.717) is 18.1 Å². The molecule has 3 N–H and O–H groups in total. The van der Waals surface area contributed by atoms with Crippen molar-refractivity contribution in [2.75, 3.05) is 13.2 Å². The predicted octanol–water partition coefficient (Wildman–Crippen LogP) is 0.280. The van der Waals surface area contributed by atoms with Gasteiger partial charge < -0.3 is 14.8 Å². The second-order valence-electron chi connectivity index (χ2n) is 5.33. The number of rotatable bonds is 7. The van der Waals surface area contributed by atoms with E-state index in [4.69, 9.17) is 9.47 Å². The Labute approximate surface area is 139 Å². The van der Waals surface area contributed by atoms with E-state index in [1.165, 1.54) is 0 Å². The molecular formula is C16H21N3O5. The fourth-order valence-corrected chi connectivity index (χ4v) is 1.74. The molecule has 3 amide bonds. The van der Waals surface area contributed by atoms with Crippen molar-refractivity contribution in [3.63, 3.8) is 0 Å². The molecular weight excluding hydrogens is 314 g/mol. The van der Waals surface area contributed by atoms with Crippen molar-refractivity contribution in [2.45, 2.75) is 32.2 Å². The highest BCUT2D eigenvalue weighted by atomic mass is 16.5. The Morgan fingerprint density at radius 1 is 1.04 bits per heavy atom. The lowest BCUT2D eigenvalue weighted by atomic mass is 10.3. The molecule has 1 fully saturated rings. The first-order valence-electron chi connectivity index (χ1n) is 7.84. The molecule has 130 valence electrons. The van der Waals surface area contributed by atoms with Gasteiger partial charge in [0.2, 0.25) is 0 Å². The molecule has 0 aromatic heterocycles. The Kier molecular flexibility index (Phi) is 6.41. The van der Waals surface area contributed by atoms with Crippen LogP contribution in [-0.4, -0.2) is 37.0 Å². The summed E-state index contributed by atoms with van der Waals surface area (Å²) in [4.78, 5) is 34.5. The minimum Gasteiger partial charge on any atom is -0.490 e.